The van der Waals surface area contributed by atoms with Crippen LogP contribution in [0.2, 0.25) is 0 Å². The summed E-state index contributed by atoms with van der Waals surface area (Å²) in [6, 6.07) is 18.8. The molecular formula is C20H24N2O. The molecule has 0 radical (unpaired) electrons. The Hall–Kier alpha value is -2.13. The first-order valence-electron chi connectivity index (χ1n) is 8.37. The van der Waals surface area contributed by atoms with Crippen LogP contribution in [0.15, 0.2) is 54.6 Å². The molecule has 3 nitrogen and oxygen atoms in total. The molecular weight excluding hydrogens is 284 g/mol. The summed E-state index contributed by atoms with van der Waals surface area (Å²) in [4.78, 5) is 12.5. The molecule has 2 N–H and O–H groups in total. The van der Waals surface area contributed by atoms with Gasteiger partial charge in [0.15, 0.2) is 0 Å². The first-order valence-corrected chi connectivity index (χ1v) is 8.37. The number of amides is 1. The molecule has 3 rings (SSSR count). The molecule has 0 aromatic heterocycles. The van der Waals surface area contributed by atoms with Gasteiger partial charge >= 0.3 is 0 Å². The summed E-state index contributed by atoms with van der Waals surface area (Å²) in [5.74, 6) is 0.111. The lowest BCUT2D eigenvalue weighted by Gasteiger charge is -2.26. The van der Waals surface area contributed by atoms with Crippen LogP contribution in [0.1, 0.15) is 30.0 Å². The van der Waals surface area contributed by atoms with Crippen molar-refractivity contribution in [2.75, 3.05) is 0 Å². The highest BCUT2D eigenvalue weighted by atomic mass is 16.2. The van der Waals surface area contributed by atoms with E-state index in [2.05, 4.69) is 54.0 Å². The first-order chi connectivity index (χ1) is 11.2. The number of fused-ring (bicyclic) bond motifs is 1. The van der Waals surface area contributed by atoms with Crippen molar-refractivity contribution in [3.8, 4) is 0 Å². The van der Waals surface area contributed by atoms with Gasteiger partial charge in [-0.3, -0.25) is 4.79 Å². The smallest absolute Gasteiger partial charge is 0.237 e. The monoisotopic (exact) mass is 308 g/mol. The summed E-state index contributed by atoms with van der Waals surface area (Å²) >= 11 is 0. The minimum atomic E-state index is -0.121. The highest BCUT2D eigenvalue weighted by molar-refractivity contribution is 5.82. The molecule has 0 bridgehead atoms. The fraction of sp³-hybridized carbons (Fsp3) is 0.350. The SMILES string of the molecule is C[C@H](CCc1ccccc1)NC(=O)[C@H]1Cc2ccccc2CN1. The van der Waals surface area contributed by atoms with E-state index in [1.54, 1.807) is 0 Å². The molecule has 0 saturated heterocycles. The molecule has 2 aromatic rings. The molecule has 120 valence electrons. The summed E-state index contributed by atoms with van der Waals surface area (Å²) in [5.41, 5.74) is 3.90. The Labute approximate surface area is 138 Å². The average molecular weight is 308 g/mol. The van der Waals surface area contributed by atoms with Gasteiger partial charge in [0.2, 0.25) is 5.91 Å². The van der Waals surface area contributed by atoms with Crippen LogP contribution in [0.4, 0.5) is 0 Å². The van der Waals surface area contributed by atoms with Crippen LogP contribution in [0, 0.1) is 0 Å². The molecule has 0 saturated carbocycles. The van der Waals surface area contributed by atoms with Crippen molar-refractivity contribution in [1.82, 2.24) is 10.6 Å². The lowest BCUT2D eigenvalue weighted by Crippen LogP contribution is -2.49. The molecule has 3 heteroatoms. The van der Waals surface area contributed by atoms with Crippen LogP contribution in [0.3, 0.4) is 0 Å². The third-order valence-corrected chi connectivity index (χ3v) is 4.50. The number of hydrogen-bond acceptors (Lipinski definition) is 2. The van der Waals surface area contributed by atoms with Crippen molar-refractivity contribution in [2.45, 2.75) is 44.8 Å². The second-order valence-electron chi connectivity index (χ2n) is 6.34. The Morgan fingerprint density at radius 1 is 1.13 bits per heavy atom. The third-order valence-electron chi connectivity index (χ3n) is 4.50. The van der Waals surface area contributed by atoms with E-state index < -0.39 is 0 Å². The number of carbonyl (C=O) groups is 1. The Balaban J connectivity index is 1.49. The molecule has 1 amide bonds. The van der Waals surface area contributed by atoms with E-state index >= 15 is 0 Å². The van der Waals surface area contributed by atoms with E-state index in [4.69, 9.17) is 0 Å². The lowest BCUT2D eigenvalue weighted by molar-refractivity contribution is -0.124. The zero-order valence-electron chi connectivity index (χ0n) is 13.6. The number of hydrogen-bond donors (Lipinski definition) is 2. The number of rotatable bonds is 5. The molecule has 2 atom stereocenters. The van der Waals surface area contributed by atoms with Crippen molar-refractivity contribution < 1.29 is 4.79 Å². The molecule has 1 aliphatic rings. The second kappa shape index (κ2) is 7.42. The second-order valence-corrected chi connectivity index (χ2v) is 6.34. The minimum absolute atomic E-state index is 0.111. The van der Waals surface area contributed by atoms with E-state index in [1.165, 1.54) is 16.7 Å². The maximum atomic E-state index is 12.5. The number of aryl methyl sites for hydroxylation is 1. The first kappa shape index (κ1) is 15.8. The van der Waals surface area contributed by atoms with Crippen LogP contribution >= 0.6 is 0 Å². The van der Waals surface area contributed by atoms with Gasteiger partial charge in [0.25, 0.3) is 0 Å². The van der Waals surface area contributed by atoms with Gasteiger partial charge in [-0.1, -0.05) is 54.6 Å². The predicted octanol–water partition coefficient (Wildman–Crippen LogP) is 2.84. The van der Waals surface area contributed by atoms with Crippen molar-refractivity contribution in [3.05, 3.63) is 71.3 Å². The standard InChI is InChI=1S/C20H24N2O/c1-15(11-12-16-7-3-2-4-8-16)22-20(23)19-13-17-9-5-6-10-18(17)14-21-19/h2-10,15,19,21H,11-14H2,1H3,(H,22,23)/t15-,19-/m1/s1. The van der Waals surface area contributed by atoms with Gasteiger partial charge in [0, 0.05) is 12.6 Å². The topological polar surface area (TPSA) is 41.1 Å². The predicted molar refractivity (Wildman–Crippen MR) is 93.1 cm³/mol. The molecule has 0 fully saturated rings. The van der Waals surface area contributed by atoms with Gasteiger partial charge in [-0.15, -0.1) is 0 Å². The molecule has 0 unspecified atom stereocenters. The number of benzene rings is 2. The van der Waals surface area contributed by atoms with Crippen LogP contribution in [0.25, 0.3) is 0 Å². The van der Waals surface area contributed by atoms with Gasteiger partial charge in [0.1, 0.15) is 0 Å². The van der Waals surface area contributed by atoms with Crippen molar-refractivity contribution in [3.63, 3.8) is 0 Å². The number of carbonyl (C=O) groups excluding carboxylic acids is 1. The minimum Gasteiger partial charge on any atom is -0.352 e. The molecule has 23 heavy (non-hydrogen) atoms. The van der Waals surface area contributed by atoms with E-state index in [0.29, 0.717) is 0 Å². The molecule has 1 aliphatic heterocycles. The van der Waals surface area contributed by atoms with Gasteiger partial charge in [-0.05, 0) is 42.9 Å². The Kier molecular flexibility index (Phi) is 5.09. The quantitative estimate of drug-likeness (QED) is 0.892. The fourth-order valence-corrected chi connectivity index (χ4v) is 3.08. The number of nitrogens with one attached hydrogen (secondary N) is 2. The maximum absolute atomic E-state index is 12.5. The summed E-state index contributed by atoms with van der Waals surface area (Å²) in [5, 5.41) is 6.49. The Morgan fingerprint density at radius 2 is 1.83 bits per heavy atom. The molecule has 0 spiro atoms. The van der Waals surface area contributed by atoms with Crippen molar-refractivity contribution in [2.24, 2.45) is 0 Å². The lowest BCUT2D eigenvalue weighted by atomic mass is 9.95. The van der Waals surface area contributed by atoms with Crippen LogP contribution in [-0.4, -0.2) is 18.0 Å². The summed E-state index contributed by atoms with van der Waals surface area (Å²) < 4.78 is 0. The molecule has 2 aromatic carbocycles. The van der Waals surface area contributed by atoms with Gasteiger partial charge in [0.05, 0.1) is 6.04 Å². The van der Waals surface area contributed by atoms with Crippen molar-refractivity contribution in [1.29, 1.82) is 0 Å². The maximum Gasteiger partial charge on any atom is 0.237 e. The largest absolute Gasteiger partial charge is 0.352 e. The Morgan fingerprint density at radius 3 is 2.61 bits per heavy atom. The zero-order valence-corrected chi connectivity index (χ0v) is 13.6. The van der Waals surface area contributed by atoms with Gasteiger partial charge < -0.3 is 10.6 Å². The fourth-order valence-electron chi connectivity index (χ4n) is 3.08. The third kappa shape index (κ3) is 4.20. The van der Waals surface area contributed by atoms with Crippen LogP contribution < -0.4 is 10.6 Å². The zero-order chi connectivity index (χ0) is 16.1. The Bertz CT molecular complexity index is 654. The van der Waals surface area contributed by atoms with Gasteiger partial charge in [-0.25, -0.2) is 0 Å². The van der Waals surface area contributed by atoms with E-state index in [1.807, 2.05) is 18.2 Å². The highest BCUT2D eigenvalue weighted by Gasteiger charge is 2.24. The normalized spacial score (nSPS) is 18.0. The van der Waals surface area contributed by atoms with Crippen LogP contribution in [-0.2, 0) is 24.2 Å². The van der Waals surface area contributed by atoms with E-state index in [0.717, 1.165) is 25.8 Å². The highest BCUT2D eigenvalue weighted by Crippen LogP contribution is 2.16. The van der Waals surface area contributed by atoms with Crippen LogP contribution in [0.5, 0.6) is 0 Å². The molecule has 0 aliphatic carbocycles. The summed E-state index contributed by atoms with van der Waals surface area (Å²) in [7, 11) is 0. The van der Waals surface area contributed by atoms with E-state index in [-0.39, 0.29) is 18.0 Å². The van der Waals surface area contributed by atoms with Gasteiger partial charge in [-0.2, -0.15) is 0 Å². The summed E-state index contributed by atoms with van der Waals surface area (Å²) in [6.07, 6.45) is 2.72. The van der Waals surface area contributed by atoms with E-state index in [9.17, 15) is 4.79 Å². The van der Waals surface area contributed by atoms with Crippen molar-refractivity contribution >= 4 is 5.91 Å². The molecule has 1 heterocycles. The average Bonchev–Trinajstić information content (AvgIpc) is 2.60. The summed E-state index contributed by atoms with van der Waals surface area (Å²) in [6.45, 7) is 2.85.